The zero-order chi connectivity index (χ0) is 57.1. The van der Waals surface area contributed by atoms with E-state index in [0.717, 1.165) is 38.5 Å². The summed E-state index contributed by atoms with van der Waals surface area (Å²) in [5.74, 6) is -0.00220. The molecule has 0 aromatic rings. The quantitative estimate of drug-likeness (QED) is 0.0417. The minimum Gasteiger partial charge on any atom is -0.466 e. The molecule has 0 aliphatic rings. The number of aliphatic hydroxyl groups is 2. The topological polar surface area (TPSA) is 95.9 Å². The van der Waals surface area contributed by atoms with Gasteiger partial charge >= 0.3 is 5.97 Å². The highest BCUT2D eigenvalue weighted by atomic mass is 16.5. The molecule has 0 saturated heterocycles. The molecule has 0 spiro atoms. The molecule has 2 unspecified atom stereocenters. The first kappa shape index (κ1) is 77.9. The molecule has 2 atom stereocenters. The third kappa shape index (κ3) is 65.9. The number of aliphatic hydroxyl groups excluding tert-OH is 2. The van der Waals surface area contributed by atoms with Gasteiger partial charge in [-0.1, -0.05) is 393 Å². The van der Waals surface area contributed by atoms with Crippen LogP contribution in [-0.2, 0) is 14.3 Å². The van der Waals surface area contributed by atoms with E-state index in [9.17, 15) is 19.8 Å². The molecule has 6 nitrogen and oxygen atoms in total. The summed E-state index contributed by atoms with van der Waals surface area (Å²) < 4.78 is 5.52. The number of unbranched alkanes of at least 4 members (excludes halogenated alkanes) is 59. The molecule has 472 valence electrons. The second-order valence-corrected chi connectivity index (χ2v) is 25.6. The highest BCUT2D eigenvalue weighted by Gasteiger charge is 2.20. The number of hydrogen-bond acceptors (Lipinski definition) is 5. The summed E-state index contributed by atoms with van der Waals surface area (Å²) >= 11 is 0. The first-order valence-corrected chi connectivity index (χ1v) is 36.8. The van der Waals surface area contributed by atoms with Crippen molar-refractivity contribution in [1.29, 1.82) is 0 Å². The van der Waals surface area contributed by atoms with Crippen molar-refractivity contribution in [3.63, 3.8) is 0 Å². The van der Waals surface area contributed by atoms with Gasteiger partial charge in [-0.3, -0.25) is 9.59 Å². The number of hydrogen-bond donors (Lipinski definition) is 3. The number of carbonyl (C=O) groups is 2. The van der Waals surface area contributed by atoms with Crippen molar-refractivity contribution in [3.05, 3.63) is 0 Å². The zero-order valence-corrected chi connectivity index (χ0v) is 54.2. The van der Waals surface area contributed by atoms with Gasteiger partial charge < -0.3 is 20.3 Å². The van der Waals surface area contributed by atoms with Gasteiger partial charge in [-0.05, 0) is 25.7 Å². The van der Waals surface area contributed by atoms with E-state index in [0.29, 0.717) is 25.9 Å². The lowest BCUT2D eigenvalue weighted by Gasteiger charge is -2.22. The van der Waals surface area contributed by atoms with Crippen molar-refractivity contribution in [2.45, 2.75) is 443 Å². The fraction of sp³-hybridized carbons (Fsp3) is 0.973. The number of ether oxygens (including phenoxy) is 1. The van der Waals surface area contributed by atoms with Gasteiger partial charge in [-0.2, -0.15) is 0 Å². The average Bonchev–Trinajstić information content (AvgIpc) is 3.45. The molecule has 3 N–H and O–H groups in total. The third-order valence-corrected chi connectivity index (χ3v) is 17.7. The predicted octanol–water partition coefficient (Wildman–Crippen LogP) is 23.8. The van der Waals surface area contributed by atoms with Crippen molar-refractivity contribution in [1.82, 2.24) is 5.32 Å². The maximum atomic E-state index is 12.5. The first-order chi connectivity index (χ1) is 39.0. The van der Waals surface area contributed by atoms with Gasteiger partial charge in [-0.15, -0.1) is 0 Å². The van der Waals surface area contributed by atoms with Crippen LogP contribution in [0.2, 0.25) is 0 Å². The molecule has 0 aliphatic heterocycles. The summed E-state index contributed by atoms with van der Waals surface area (Å²) in [6.07, 6.45) is 84.5. The second kappa shape index (κ2) is 69.4. The van der Waals surface area contributed by atoms with Crippen LogP contribution in [0.15, 0.2) is 0 Å². The van der Waals surface area contributed by atoms with Gasteiger partial charge in [0, 0.05) is 12.8 Å². The highest BCUT2D eigenvalue weighted by Crippen LogP contribution is 2.20. The SMILES string of the molecule is CCCCCCCCCCCCCCCCCCCCC(=O)OCCCCCCCCCCCCCCCCCCCCCCCCCCCCCCCC(=O)NC(CO)C(O)CCCCCCCCCCCCCCCCC. The lowest BCUT2D eigenvalue weighted by molar-refractivity contribution is -0.143. The Morgan fingerprint density at radius 3 is 0.772 bits per heavy atom. The molecule has 79 heavy (non-hydrogen) atoms. The van der Waals surface area contributed by atoms with E-state index in [4.69, 9.17) is 4.74 Å². The normalized spacial score (nSPS) is 12.4. The fourth-order valence-corrected chi connectivity index (χ4v) is 12.1. The molecule has 0 fully saturated rings. The van der Waals surface area contributed by atoms with Gasteiger partial charge in [0.05, 0.1) is 25.4 Å². The van der Waals surface area contributed by atoms with Crippen LogP contribution in [-0.4, -0.2) is 47.4 Å². The summed E-state index contributed by atoms with van der Waals surface area (Å²) in [6, 6.07) is -0.537. The van der Waals surface area contributed by atoms with E-state index in [2.05, 4.69) is 19.2 Å². The minimum absolute atomic E-state index is 0.0253. The number of carbonyl (C=O) groups excluding carboxylic acids is 2. The maximum Gasteiger partial charge on any atom is 0.305 e. The largest absolute Gasteiger partial charge is 0.466 e. The second-order valence-electron chi connectivity index (χ2n) is 25.6. The van der Waals surface area contributed by atoms with Gasteiger partial charge in [0.15, 0.2) is 0 Å². The van der Waals surface area contributed by atoms with Gasteiger partial charge in [0.1, 0.15) is 0 Å². The third-order valence-electron chi connectivity index (χ3n) is 17.7. The van der Waals surface area contributed by atoms with Crippen molar-refractivity contribution < 1.29 is 24.5 Å². The number of nitrogens with one attached hydrogen (secondary N) is 1. The smallest absolute Gasteiger partial charge is 0.305 e. The standard InChI is InChI=1S/C73H145NO5/c1-3-5-7-9-11-13-15-17-19-20-35-39-43-47-51-55-59-63-67-73(78)79-68-64-60-56-52-48-44-40-36-33-31-29-27-25-23-21-22-24-26-28-30-32-34-38-42-46-50-54-58-62-66-72(77)74-70(69-75)71(76)65-61-57-53-49-45-41-37-18-16-14-12-10-8-6-4-2/h70-71,75-76H,3-69H2,1-2H3,(H,74,77). The molecule has 0 bridgehead atoms. The number of rotatable bonds is 70. The Bertz CT molecular complexity index is 1150. The summed E-state index contributed by atoms with van der Waals surface area (Å²) in [6.45, 7) is 5.01. The molecule has 0 aliphatic carbocycles. The average molecular weight is 1120 g/mol. The molecular formula is C73H145NO5. The molecule has 6 heteroatoms. The fourth-order valence-electron chi connectivity index (χ4n) is 12.1. The monoisotopic (exact) mass is 1120 g/mol. The minimum atomic E-state index is -0.660. The van der Waals surface area contributed by atoms with Crippen molar-refractivity contribution in [3.8, 4) is 0 Å². The number of esters is 1. The predicted molar refractivity (Wildman–Crippen MR) is 347 cm³/mol. The lowest BCUT2D eigenvalue weighted by atomic mass is 10.0. The van der Waals surface area contributed by atoms with Crippen LogP contribution in [0.4, 0.5) is 0 Å². The van der Waals surface area contributed by atoms with E-state index in [1.165, 1.54) is 360 Å². The van der Waals surface area contributed by atoms with E-state index >= 15 is 0 Å². The van der Waals surface area contributed by atoms with E-state index < -0.39 is 12.1 Å². The summed E-state index contributed by atoms with van der Waals surface area (Å²) in [5, 5.41) is 23.3. The van der Waals surface area contributed by atoms with Crippen LogP contribution in [0.1, 0.15) is 431 Å². The van der Waals surface area contributed by atoms with Crippen LogP contribution in [0, 0.1) is 0 Å². The summed E-state index contributed by atoms with van der Waals surface area (Å²) in [4.78, 5) is 24.6. The molecule has 0 saturated carbocycles. The van der Waals surface area contributed by atoms with Gasteiger partial charge in [-0.25, -0.2) is 0 Å². The Morgan fingerprint density at radius 1 is 0.304 bits per heavy atom. The summed E-state index contributed by atoms with van der Waals surface area (Å²) in [5.41, 5.74) is 0. The Kier molecular flexibility index (Phi) is 68.4. The number of amides is 1. The molecule has 1 amide bonds. The molecule has 0 radical (unpaired) electrons. The van der Waals surface area contributed by atoms with Gasteiger partial charge in [0.2, 0.25) is 5.91 Å². The van der Waals surface area contributed by atoms with E-state index in [1.54, 1.807) is 0 Å². The first-order valence-electron chi connectivity index (χ1n) is 36.8. The highest BCUT2D eigenvalue weighted by molar-refractivity contribution is 5.76. The Morgan fingerprint density at radius 2 is 0.519 bits per heavy atom. The molecule has 0 rings (SSSR count). The Labute approximate surface area is 496 Å². The molecule has 0 aromatic carbocycles. The van der Waals surface area contributed by atoms with Crippen molar-refractivity contribution in [2.75, 3.05) is 13.2 Å². The van der Waals surface area contributed by atoms with Crippen molar-refractivity contribution >= 4 is 11.9 Å². The van der Waals surface area contributed by atoms with Crippen LogP contribution < -0.4 is 5.32 Å². The molecule has 0 heterocycles. The van der Waals surface area contributed by atoms with Crippen LogP contribution in [0.3, 0.4) is 0 Å². The maximum absolute atomic E-state index is 12.5. The van der Waals surface area contributed by atoms with Crippen LogP contribution in [0.5, 0.6) is 0 Å². The molecule has 0 aromatic heterocycles. The van der Waals surface area contributed by atoms with Crippen LogP contribution in [0.25, 0.3) is 0 Å². The van der Waals surface area contributed by atoms with Crippen LogP contribution >= 0.6 is 0 Å². The Hall–Kier alpha value is -1.14. The lowest BCUT2D eigenvalue weighted by Crippen LogP contribution is -2.45. The Balaban J connectivity index is 3.30. The molecular weight excluding hydrogens is 971 g/mol. The zero-order valence-electron chi connectivity index (χ0n) is 54.2. The van der Waals surface area contributed by atoms with Gasteiger partial charge in [0.25, 0.3) is 0 Å². The summed E-state index contributed by atoms with van der Waals surface area (Å²) in [7, 11) is 0. The van der Waals surface area contributed by atoms with E-state index in [1.807, 2.05) is 0 Å². The van der Waals surface area contributed by atoms with E-state index in [-0.39, 0.29) is 18.5 Å². The van der Waals surface area contributed by atoms with Crippen molar-refractivity contribution in [2.24, 2.45) is 0 Å².